The molecule has 0 unspecified atom stereocenters. The van der Waals surface area contributed by atoms with Crippen LogP contribution in [0.4, 0.5) is 34.1 Å². The van der Waals surface area contributed by atoms with Gasteiger partial charge in [-0.15, -0.1) is 0 Å². The smallest absolute Gasteiger partial charge is 0.305 e. The second-order valence-electron chi connectivity index (χ2n) is 9.82. The number of amides is 4. The minimum atomic E-state index is -0.583. The van der Waals surface area contributed by atoms with Gasteiger partial charge >= 0.3 is 5.91 Å². The molecule has 0 saturated carbocycles. The number of rotatable bonds is 8. The lowest BCUT2D eigenvalue weighted by Gasteiger charge is -2.41. The Morgan fingerprint density at radius 2 is 1.27 bits per heavy atom. The van der Waals surface area contributed by atoms with E-state index in [1.165, 1.54) is 50.2 Å². The Balaban J connectivity index is 0.00000560. The van der Waals surface area contributed by atoms with E-state index < -0.39 is 11.8 Å². The summed E-state index contributed by atoms with van der Waals surface area (Å²) in [6.45, 7) is 4.62. The van der Waals surface area contributed by atoms with Crippen LogP contribution in [0, 0.1) is 0 Å². The molecule has 2 aromatic rings. The predicted octanol–water partition coefficient (Wildman–Crippen LogP) is -2.32. The SMILES string of the molecule is CC(=O)Nc1ccc(N(O)C(=O)CN2CC[N+](C)(CC(=O)N(O)c3ccc(NC(C)=O)cc3N)CC2)c(N)c1.[Cl-]. The molecular weight excluding hydrogens is 544 g/mol. The maximum absolute atomic E-state index is 12.8. The van der Waals surface area contributed by atoms with Gasteiger partial charge in [0.05, 0.1) is 49.4 Å². The third-order valence-electron chi connectivity index (χ3n) is 6.41. The quantitative estimate of drug-likeness (QED) is 0.0862. The number of likely N-dealkylation sites (N-methyl/N-ethyl adjacent to an activating group) is 1. The first kappa shape index (κ1) is 32.3. The van der Waals surface area contributed by atoms with Crippen LogP contribution in [-0.4, -0.2) is 89.7 Å². The first-order valence-electron chi connectivity index (χ1n) is 12.2. The summed E-state index contributed by atoms with van der Waals surface area (Å²) in [5, 5.41) is 27.1. The summed E-state index contributed by atoms with van der Waals surface area (Å²) < 4.78 is 0.324. The number of anilines is 6. The van der Waals surface area contributed by atoms with Crippen molar-refractivity contribution in [3.05, 3.63) is 36.4 Å². The Morgan fingerprint density at radius 1 is 0.850 bits per heavy atom. The summed E-state index contributed by atoms with van der Waals surface area (Å²) >= 11 is 0. The minimum absolute atomic E-state index is 0. The molecule has 8 N–H and O–H groups in total. The van der Waals surface area contributed by atoms with Gasteiger partial charge in [-0.05, 0) is 36.4 Å². The van der Waals surface area contributed by atoms with Crippen molar-refractivity contribution in [1.29, 1.82) is 0 Å². The molecule has 3 rings (SSSR count). The van der Waals surface area contributed by atoms with Crippen molar-refractivity contribution in [2.75, 3.05) is 78.5 Å². The number of nitrogens with one attached hydrogen (secondary N) is 2. The molecule has 1 aliphatic rings. The molecule has 0 atom stereocenters. The Labute approximate surface area is 238 Å². The van der Waals surface area contributed by atoms with Crippen LogP contribution in [0.3, 0.4) is 0 Å². The molecule has 1 saturated heterocycles. The largest absolute Gasteiger partial charge is 1.00 e. The van der Waals surface area contributed by atoms with Gasteiger partial charge in [0, 0.05) is 38.3 Å². The highest BCUT2D eigenvalue weighted by atomic mass is 35.5. The van der Waals surface area contributed by atoms with E-state index >= 15 is 0 Å². The summed E-state index contributed by atoms with van der Waals surface area (Å²) in [5.74, 6) is -1.68. The number of hydroxylamine groups is 2. The van der Waals surface area contributed by atoms with Crippen molar-refractivity contribution in [2.24, 2.45) is 0 Å². The van der Waals surface area contributed by atoms with Crippen LogP contribution in [0.1, 0.15) is 13.8 Å². The van der Waals surface area contributed by atoms with Gasteiger partial charge in [-0.1, -0.05) is 0 Å². The zero-order valence-electron chi connectivity index (χ0n) is 22.6. The van der Waals surface area contributed by atoms with E-state index in [1.807, 2.05) is 11.9 Å². The molecule has 0 bridgehead atoms. The molecule has 0 radical (unpaired) electrons. The van der Waals surface area contributed by atoms with Gasteiger partial charge in [-0.3, -0.25) is 34.5 Å². The van der Waals surface area contributed by atoms with Gasteiger partial charge in [0.1, 0.15) is 0 Å². The number of nitrogens with two attached hydrogens (primary N) is 2. The van der Waals surface area contributed by atoms with E-state index in [9.17, 15) is 29.6 Å². The lowest BCUT2D eigenvalue weighted by Crippen LogP contribution is -3.00. The van der Waals surface area contributed by atoms with Crippen LogP contribution in [0.15, 0.2) is 36.4 Å². The zero-order valence-corrected chi connectivity index (χ0v) is 23.3. The molecule has 2 aromatic carbocycles. The third-order valence-corrected chi connectivity index (χ3v) is 6.41. The average Bonchev–Trinajstić information content (AvgIpc) is 2.84. The Hall–Kier alpha value is -3.95. The van der Waals surface area contributed by atoms with Gasteiger partial charge in [-0.25, -0.2) is 0 Å². The maximum Gasteiger partial charge on any atom is 0.305 e. The number of carbonyl (C=O) groups excluding carboxylic acids is 4. The monoisotopic (exact) mass is 578 g/mol. The summed E-state index contributed by atoms with van der Waals surface area (Å²) in [6, 6.07) is 8.85. The van der Waals surface area contributed by atoms with Crippen molar-refractivity contribution < 1.29 is 46.5 Å². The fourth-order valence-corrected chi connectivity index (χ4v) is 4.28. The molecule has 14 nitrogen and oxygen atoms in total. The second-order valence-corrected chi connectivity index (χ2v) is 9.82. The fourth-order valence-electron chi connectivity index (χ4n) is 4.28. The fraction of sp³-hybridized carbons (Fsp3) is 0.360. The highest BCUT2D eigenvalue weighted by Gasteiger charge is 2.34. The molecule has 1 heterocycles. The van der Waals surface area contributed by atoms with Crippen LogP contribution in [-0.2, 0) is 19.2 Å². The highest BCUT2D eigenvalue weighted by Crippen LogP contribution is 2.27. The Bertz CT molecular complexity index is 1270. The van der Waals surface area contributed by atoms with Gasteiger partial charge in [0.15, 0.2) is 6.54 Å². The second kappa shape index (κ2) is 13.4. The normalized spacial score (nSPS) is 14.4. The molecular formula is C25H35ClN8O6. The maximum atomic E-state index is 12.8. The van der Waals surface area contributed by atoms with Crippen LogP contribution >= 0.6 is 0 Å². The van der Waals surface area contributed by atoms with Gasteiger partial charge in [0.2, 0.25) is 11.8 Å². The van der Waals surface area contributed by atoms with Gasteiger partial charge < -0.3 is 39.0 Å². The molecule has 218 valence electrons. The van der Waals surface area contributed by atoms with E-state index in [1.54, 1.807) is 0 Å². The molecule has 15 heteroatoms. The summed E-state index contributed by atoms with van der Waals surface area (Å²) in [6.07, 6.45) is 0. The average molecular weight is 579 g/mol. The molecule has 0 aromatic heterocycles. The molecule has 40 heavy (non-hydrogen) atoms. The summed E-state index contributed by atoms with van der Waals surface area (Å²) in [4.78, 5) is 49.8. The number of nitrogens with zero attached hydrogens (tertiary/aromatic N) is 4. The summed E-state index contributed by atoms with van der Waals surface area (Å²) in [7, 11) is 1.88. The van der Waals surface area contributed by atoms with Crippen LogP contribution in [0.5, 0.6) is 0 Å². The summed E-state index contributed by atoms with van der Waals surface area (Å²) in [5.41, 5.74) is 13.3. The molecule has 4 amide bonds. The zero-order chi connectivity index (χ0) is 28.9. The number of carbonyl (C=O) groups is 4. The topological polar surface area (TPSA) is 195 Å². The number of quaternary nitrogens is 1. The van der Waals surface area contributed by atoms with Crippen LogP contribution in [0.25, 0.3) is 0 Å². The Kier molecular flexibility index (Phi) is 10.8. The van der Waals surface area contributed by atoms with Gasteiger partial charge in [-0.2, -0.15) is 10.1 Å². The number of hydrogen-bond acceptors (Lipinski definition) is 9. The highest BCUT2D eigenvalue weighted by molar-refractivity contribution is 5.97. The van der Waals surface area contributed by atoms with E-state index in [-0.39, 0.29) is 60.1 Å². The van der Waals surface area contributed by atoms with E-state index in [0.29, 0.717) is 52.2 Å². The number of hydrogen-bond donors (Lipinski definition) is 6. The number of benzene rings is 2. The van der Waals surface area contributed by atoms with Crippen molar-refractivity contribution in [2.45, 2.75) is 13.8 Å². The standard InChI is InChI=1S/C25H34N8O6.ClH/c1-16(34)28-18-4-6-22(20(26)12-18)31(38)24(36)14-30-8-10-33(3,11-9-30)15-25(37)32(39)23-7-5-19(13-21(23)27)29-17(2)35;/h4-7,12-13,38-39H,8-11,14-15,26-27H2,1-3H3,(H-,28,29,34,35);1H. The molecule has 1 fully saturated rings. The van der Waals surface area contributed by atoms with Crippen LogP contribution in [0.2, 0.25) is 0 Å². The first-order chi connectivity index (χ1) is 18.3. The predicted molar refractivity (Wildman–Crippen MR) is 146 cm³/mol. The third kappa shape index (κ3) is 8.27. The number of halogens is 1. The van der Waals surface area contributed by atoms with Crippen molar-refractivity contribution >= 4 is 57.8 Å². The number of nitrogen functional groups attached to an aromatic ring is 2. The van der Waals surface area contributed by atoms with Crippen LogP contribution < -0.4 is 44.6 Å². The van der Waals surface area contributed by atoms with Gasteiger partial charge in [0.25, 0.3) is 5.91 Å². The Morgan fingerprint density at radius 3 is 1.68 bits per heavy atom. The van der Waals surface area contributed by atoms with Crippen molar-refractivity contribution in [1.82, 2.24) is 4.90 Å². The van der Waals surface area contributed by atoms with E-state index in [4.69, 9.17) is 11.5 Å². The van der Waals surface area contributed by atoms with Crippen molar-refractivity contribution in [3.8, 4) is 0 Å². The molecule has 0 aliphatic carbocycles. The lowest BCUT2D eigenvalue weighted by atomic mass is 10.2. The molecule has 0 spiro atoms. The molecule has 1 aliphatic heterocycles. The van der Waals surface area contributed by atoms with E-state index in [0.717, 1.165) is 0 Å². The lowest BCUT2D eigenvalue weighted by molar-refractivity contribution is -0.906. The van der Waals surface area contributed by atoms with Crippen molar-refractivity contribution in [3.63, 3.8) is 0 Å². The van der Waals surface area contributed by atoms with E-state index in [2.05, 4.69) is 10.6 Å². The number of piperazine rings is 1. The minimum Gasteiger partial charge on any atom is -1.00 e. The first-order valence-corrected chi connectivity index (χ1v) is 12.2.